The van der Waals surface area contributed by atoms with Crippen molar-refractivity contribution >= 4 is 35.1 Å². The number of nitrogens with zero attached hydrogens (tertiary/aromatic N) is 2. The van der Waals surface area contributed by atoms with E-state index in [1.807, 2.05) is 42.5 Å². The first-order valence-corrected chi connectivity index (χ1v) is 14.1. The lowest BCUT2D eigenvalue weighted by atomic mass is 9.78. The van der Waals surface area contributed by atoms with Crippen LogP contribution in [-0.2, 0) is 23.9 Å². The predicted octanol–water partition coefficient (Wildman–Crippen LogP) is 3.84. The van der Waals surface area contributed by atoms with Crippen LogP contribution in [-0.4, -0.2) is 65.3 Å². The molecule has 1 unspecified atom stereocenters. The molecule has 0 aromatic heterocycles. The van der Waals surface area contributed by atoms with E-state index >= 15 is 0 Å². The summed E-state index contributed by atoms with van der Waals surface area (Å²) >= 11 is 6.53. The van der Waals surface area contributed by atoms with Crippen molar-refractivity contribution < 1.29 is 29.0 Å². The maximum atomic E-state index is 14.6. The molecular weight excluding hydrogens is 532 g/mol. The van der Waals surface area contributed by atoms with Gasteiger partial charge in [0.05, 0.1) is 42.0 Å². The minimum Gasteiger partial charge on any atom is -0.465 e. The molecule has 0 aliphatic carbocycles. The van der Waals surface area contributed by atoms with Gasteiger partial charge >= 0.3 is 5.97 Å². The molecule has 2 amide bonds. The summed E-state index contributed by atoms with van der Waals surface area (Å²) in [5.74, 6) is -3.29. The maximum Gasteiger partial charge on any atom is 0.312 e. The second-order valence-electron chi connectivity index (χ2n) is 10.6. The Morgan fingerprint density at radius 2 is 1.77 bits per heavy atom. The molecule has 2 aromatic rings. The number of halogens is 1. The van der Waals surface area contributed by atoms with E-state index in [-0.39, 0.29) is 13.2 Å². The van der Waals surface area contributed by atoms with Gasteiger partial charge in [-0.2, -0.15) is 0 Å². The number of carbonyl (C=O) groups excluding carboxylic acids is 3. The van der Waals surface area contributed by atoms with Crippen molar-refractivity contribution in [3.05, 3.63) is 89.5 Å². The fraction of sp³-hybridized carbons (Fsp3) is 0.387. The minimum atomic E-state index is -1.45. The van der Waals surface area contributed by atoms with Crippen molar-refractivity contribution in [3.8, 4) is 0 Å². The summed E-state index contributed by atoms with van der Waals surface area (Å²) in [6.45, 7) is 0.0372. The summed E-state index contributed by atoms with van der Waals surface area (Å²) in [6, 6.07) is 14.1. The van der Waals surface area contributed by atoms with E-state index in [9.17, 15) is 19.5 Å². The third kappa shape index (κ3) is 4.26. The number of hydrogen-bond donors (Lipinski definition) is 1. The SMILES string of the molecule is O=C1OCCCC/C=C\[C@@H]2O[C@]34C=CCN(c5ccccc5Cl)C(=O)C3N([C@H](CO)c3ccccc3)C(=O)[C@@H]4[C@H]12. The lowest BCUT2D eigenvalue weighted by Gasteiger charge is -2.38. The van der Waals surface area contributed by atoms with Gasteiger partial charge in [-0.05, 0) is 37.0 Å². The van der Waals surface area contributed by atoms with Crippen molar-refractivity contribution in [1.29, 1.82) is 0 Å². The maximum absolute atomic E-state index is 14.6. The van der Waals surface area contributed by atoms with Crippen molar-refractivity contribution in [2.24, 2.45) is 11.8 Å². The summed E-state index contributed by atoms with van der Waals surface area (Å²) < 4.78 is 12.3. The van der Waals surface area contributed by atoms with E-state index in [1.54, 1.807) is 36.4 Å². The molecule has 2 fully saturated rings. The second kappa shape index (κ2) is 10.8. The molecule has 1 spiro atoms. The predicted molar refractivity (Wildman–Crippen MR) is 148 cm³/mol. The summed E-state index contributed by atoms with van der Waals surface area (Å²) in [5.41, 5.74) is -0.272. The van der Waals surface area contributed by atoms with Crippen LogP contribution in [0.3, 0.4) is 0 Å². The molecule has 208 valence electrons. The van der Waals surface area contributed by atoms with Crippen LogP contribution in [0.5, 0.6) is 0 Å². The second-order valence-corrected chi connectivity index (χ2v) is 11.0. The lowest BCUT2D eigenvalue weighted by Crippen LogP contribution is -2.56. The highest BCUT2D eigenvalue weighted by Crippen LogP contribution is 2.55. The van der Waals surface area contributed by atoms with Crippen LogP contribution in [0.1, 0.15) is 30.9 Å². The topological polar surface area (TPSA) is 96.4 Å². The number of carbonyl (C=O) groups is 3. The molecule has 4 aliphatic heterocycles. The zero-order chi connectivity index (χ0) is 27.9. The van der Waals surface area contributed by atoms with E-state index in [0.29, 0.717) is 16.3 Å². The highest BCUT2D eigenvalue weighted by molar-refractivity contribution is 6.34. The van der Waals surface area contributed by atoms with E-state index in [4.69, 9.17) is 21.1 Å². The van der Waals surface area contributed by atoms with Gasteiger partial charge in [0.25, 0.3) is 5.91 Å². The first-order valence-electron chi connectivity index (χ1n) is 13.7. The van der Waals surface area contributed by atoms with Crippen LogP contribution in [0, 0.1) is 11.8 Å². The number of rotatable bonds is 4. The van der Waals surface area contributed by atoms with Crippen LogP contribution in [0.15, 0.2) is 78.9 Å². The Labute approximate surface area is 237 Å². The van der Waals surface area contributed by atoms with Crippen molar-refractivity contribution in [2.75, 3.05) is 24.7 Å². The third-order valence-corrected chi connectivity index (χ3v) is 8.69. The number of para-hydroxylation sites is 1. The molecule has 0 saturated carbocycles. The molecule has 0 radical (unpaired) electrons. The highest BCUT2D eigenvalue weighted by Gasteiger charge is 2.72. The van der Waals surface area contributed by atoms with Gasteiger partial charge in [0.2, 0.25) is 5.91 Å². The molecule has 4 aliphatic rings. The molecule has 9 heteroatoms. The Balaban J connectivity index is 1.52. The average Bonchev–Trinajstić information content (AvgIpc) is 3.35. The van der Waals surface area contributed by atoms with Crippen LogP contribution in [0.25, 0.3) is 0 Å². The number of likely N-dealkylation sites (tertiary alicyclic amines) is 1. The normalized spacial score (nSPS) is 31.6. The van der Waals surface area contributed by atoms with Crippen LogP contribution in [0.2, 0.25) is 5.02 Å². The van der Waals surface area contributed by atoms with Gasteiger partial charge in [-0.25, -0.2) is 0 Å². The zero-order valence-electron chi connectivity index (χ0n) is 21.9. The van der Waals surface area contributed by atoms with E-state index in [0.717, 1.165) is 19.3 Å². The molecule has 2 saturated heterocycles. The summed E-state index contributed by atoms with van der Waals surface area (Å²) in [4.78, 5) is 45.6. The van der Waals surface area contributed by atoms with Crippen LogP contribution in [0.4, 0.5) is 5.69 Å². The molecule has 0 bridgehead atoms. The number of hydrogen-bond acceptors (Lipinski definition) is 6. The number of aliphatic hydroxyl groups is 1. The molecule has 6 atom stereocenters. The number of amides is 2. The summed E-state index contributed by atoms with van der Waals surface area (Å²) in [7, 11) is 0. The van der Waals surface area contributed by atoms with E-state index in [1.165, 1.54) is 9.80 Å². The Morgan fingerprint density at radius 3 is 2.55 bits per heavy atom. The van der Waals surface area contributed by atoms with Gasteiger partial charge in [-0.1, -0.05) is 78.4 Å². The number of ether oxygens (including phenoxy) is 2. The fourth-order valence-electron chi connectivity index (χ4n) is 6.61. The Hall–Kier alpha value is -3.46. The number of esters is 1. The van der Waals surface area contributed by atoms with E-state index in [2.05, 4.69) is 0 Å². The number of aliphatic hydroxyl groups excluding tert-OH is 1. The van der Waals surface area contributed by atoms with Crippen LogP contribution >= 0.6 is 11.6 Å². The molecule has 1 N–H and O–H groups in total. The summed E-state index contributed by atoms with van der Waals surface area (Å²) in [5, 5.41) is 11.0. The Kier molecular flexibility index (Phi) is 7.25. The average molecular weight is 563 g/mol. The standard InChI is InChI=1S/C31H31ClN2O6/c32-21-13-7-8-14-22(21)33-17-10-16-31-26(25-24(40-31)15-6-1-2-9-18-39-30(25)38)28(36)34(27(31)29(33)37)23(19-35)20-11-4-3-5-12-20/h3-8,10-16,23-27,35H,1-2,9,17-19H2/b15-6-/t23-,24+,25-,26+,27?,31+/m1/s1. The van der Waals surface area contributed by atoms with Crippen molar-refractivity contribution in [3.63, 3.8) is 0 Å². The first kappa shape index (κ1) is 26.7. The highest BCUT2D eigenvalue weighted by atomic mass is 35.5. The number of benzene rings is 2. The molecule has 6 rings (SSSR count). The van der Waals surface area contributed by atoms with Gasteiger partial charge < -0.3 is 24.4 Å². The molecule has 8 nitrogen and oxygen atoms in total. The van der Waals surface area contributed by atoms with Gasteiger partial charge in [-0.3, -0.25) is 14.4 Å². The molecule has 4 heterocycles. The zero-order valence-corrected chi connectivity index (χ0v) is 22.7. The number of allylic oxidation sites excluding steroid dienone is 1. The van der Waals surface area contributed by atoms with Gasteiger partial charge in [0.1, 0.15) is 17.6 Å². The fourth-order valence-corrected chi connectivity index (χ4v) is 6.85. The first-order chi connectivity index (χ1) is 19.5. The number of anilines is 1. The molecule has 2 aromatic carbocycles. The van der Waals surface area contributed by atoms with Crippen molar-refractivity contribution in [1.82, 2.24) is 4.90 Å². The Bertz CT molecular complexity index is 1360. The monoisotopic (exact) mass is 562 g/mol. The van der Waals surface area contributed by atoms with Gasteiger partial charge in [0, 0.05) is 6.54 Å². The summed E-state index contributed by atoms with van der Waals surface area (Å²) in [6.07, 6.45) is 9.01. The molecule has 40 heavy (non-hydrogen) atoms. The van der Waals surface area contributed by atoms with Crippen molar-refractivity contribution in [2.45, 2.75) is 43.1 Å². The largest absolute Gasteiger partial charge is 0.465 e. The van der Waals surface area contributed by atoms with Crippen LogP contribution < -0.4 is 4.90 Å². The number of cyclic esters (lactones) is 1. The quantitative estimate of drug-likeness (QED) is 0.449. The van der Waals surface area contributed by atoms with Gasteiger partial charge in [-0.15, -0.1) is 0 Å². The minimum absolute atomic E-state index is 0.198. The third-order valence-electron chi connectivity index (χ3n) is 8.38. The smallest absolute Gasteiger partial charge is 0.312 e. The van der Waals surface area contributed by atoms with E-state index < -0.39 is 60.0 Å². The molecular formula is C31H31ClN2O6. The van der Waals surface area contributed by atoms with Gasteiger partial charge in [0.15, 0.2) is 0 Å². The lowest BCUT2D eigenvalue weighted by molar-refractivity contribution is -0.155. The Morgan fingerprint density at radius 1 is 1.00 bits per heavy atom. The number of fused-ring (bicyclic) bond motifs is 2.